The normalized spacial score (nSPS) is 9.40. The molecular formula is C7H13O3. The van der Waals surface area contributed by atoms with Crippen LogP contribution in [0.3, 0.4) is 0 Å². The van der Waals surface area contributed by atoms with Gasteiger partial charge in [-0.2, -0.15) is 0 Å². The largest absolute Gasteiger partial charge is 0.466 e. The zero-order valence-corrected chi connectivity index (χ0v) is 6.26. The van der Waals surface area contributed by atoms with Crippen molar-refractivity contribution >= 4 is 5.97 Å². The molecule has 0 saturated heterocycles. The van der Waals surface area contributed by atoms with Crippen LogP contribution in [0.15, 0.2) is 0 Å². The fourth-order valence-corrected chi connectivity index (χ4v) is 0.492. The molecule has 0 aliphatic heterocycles. The van der Waals surface area contributed by atoms with Crippen LogP contribution >= 0.6 is 0 Å². The maximum atomic E-state index is 10.5. The van der Waals surface area contributed by atoms with Crippen LogP contribution in [-0.2, 0) is 14.6 Å². The Morgan fingerprint density at radius 3 is 2.60 bits per heavy atom. The second-order valence-corrected chi connectivity index (χ2v) is 1.99. The van der Waals surface area contributed by atoms with Crippen LogP contribution in [0.4, 0.5) is 0 Å². The van der Waals surface area contributed by atoms with E-state index in [2.05, 4.69) is 0 Å². The van der Waals surface area contributed by atoms with Crippen molar-refractivity contribution in [3.05, 3.63) is 0 Å². The predicted octanol–water partition coefficient (Wildman–Crippen LogP) is 1.15. The maximum absolute atomic E-state index is 10.5. The molecule has 0 atom stereocenters. The topological polar surface area (TPSA) is 46.2 Å². The van der Waals surface area contributed by atoms with Gasteiger partial charge in [-0.3, -0.25) is 4.79 Å². The summed E-state index contributed by atoms with van der Waals surface area (Å²) in [7, 11) is 0. The second kappa shape index (κ2) is 6.55. The van der Waals surface area contributed by atoms with E-state index < -0.39 is 0 Å². The molecule has 0 spiro atoms. The summed E-state index contributed by atoms with van der Waals surface area (Å²) in [6.45, 7) is 2.06. The second-order valence-electron chi connectivity index (χ2n) is 1.99. The van der Waals surface area contributed by atoms with Gasteiger partial charge in [0.05, 0.1) is 13.2 Å². The van der Waals surface area contributed by atoms with Crippen LogP contribution in [0, 0.1) is 0 Å². The molecule has 0 bridgehead atoms. The quantitative estimate of drug-likeness (QED) is 0.430. The van der Waals surface area contributed by atoms with Crippen molar-refractivity contribution in [2.75, 3.05) is 13.2 Å². The Labute approximate surface area is 61.0 Å². The third-order valence-corrected chi connectivity index (χ3v) is 1.09. The van der Waals surface area contributed by atoms with E-state index in [0.29, 0.717) is 25.9 Å². The van der Waals surface area contributed by atoms with Crippen molar-refractivity contribution in [1.29, 1.82) is 0 Å². The van der Waals surface area contributed by atoms with Gasteiger partial charge in [-0.25, -0.2) is 5.11 Å². The minimum atomic E-state index is -0.189. The first-order valence-corrected chi connectivity index (χ1v) is 3.55. The number of esters is 1. The third kappa shape index (κ3) is 5.56. The van der Waals surface area contributed by atoms with Crippen molar-refractivity contribution in [2.24, 2.45) is 0 Å². The van der Waals surface area contributed by atoms with Gasteiger partial charge >= 0.3 is 5.97 Å². The molecule has 3 nitrogen and oxygen atoms in total. The summed E-state index contributed by atoms with van der Waals surface area (Å²) in [4.78, 5) is 10.5. The highest BCUT2D eigenvalue weighted by atomic mass is 16.5. The number of carbonyl (C=O) groups excluding carboxylic acids is 1. The molecule has 0 aliphatic carbocycles. The van der Waals surface area contributed by atoms with E-state index in [1.807, 2.05) is 0 Å². The lowest BCUT2D eigenvalue weighted by atomic mass is 10.3. The first kappa shape index (κ1) is 9.43. The summed E-state index contributed by atoms with van der Waals surface area (Å²) < 4.78 is 4.72. The van der Waals surface area contributed by atoms with Crippen LogP contribution in [0.5, 0.6) is 0 Å². The standard InChI is InChI=1S/C7H13O3/c1-2-7(9)10-6-4-3-5-8/h2-6H2,1H3. The molecule has 0 N–H and O–H groups in total. The van der Waals surface area contributed by atoms with E-state index in [1.54, 1.807) is 6.92 Å². The predicted molar refractivity (Wildman–Crippen MR) is 36.0 cm³/mol. The SMILES string of the molecule is CCC(=O)OCCCC[O]. The van der Waals surface area contributed by atoms with Crippen LogP contribution in [0.25, 0.3) is 0 Å². The number of carbonyl (C=O) groups is 1. The molecule has 0 rings (SSSR count). The van der Waals surface area contributed by atoms with Gasteiger partial charge in [0.1, 0.15) is 0 Å². The van der Waals surface area contributed by atoms with E-state index in [0.717, 1.165) is 0 Å². The molecule has 59 valence electrons. The van der Waals surface area contributed by atoms with Crippen molar-refractivity contribution in [3.8, 4) is 0 Å². The van der Waals surface area contributed by atoms with E-state index in [9.17, 15) is 9.90 Å². The molecule has 0 unspecified atom stereocenters. The molecule has 0 amide bonds. The Hall–Kier alpha value is -0.570. The fraction of sp³-hybridized carbons (Fsp3) is 0.857. The van der Waals surface area contributed by atoms with Gasteiger partial charge in [0, 0.05) is 6.42 Å². The average molecular weight is 145 g/mol. The molecule has 0 heterocycles. The molecule has 1 radical (unpaired) electrons. The Bertz CT molecular complexity index is 90.9. The summed E-state index contributed by atoms with van der Waals surface area (Å²) in [6.07, 6.45) is 1.70. The molecule has 0 saturated carbocycles. The van der Waals surface area contributed by atoms with E-state index in [4.69, 9.17) is 4.74 Å². The lowest BCUT2D eigenvalue weighted by molar-refractivity contribution is -0.143. The van der Waals surface area contributed by atoms with Crippen LogP contribution in [-0.4, -0.2) is 19.2 Å². The smallest absolute Gasteiger partial charge is 0.305 e. The van der Waals surface area contributed by atoms with E-state index >= 15 is 0 Å². The van der Waals surface area contributed by atoms with Crippen molar-refractivity contribution in [3.63, 3.8) is 0 Å². The fourth-order valence-electron chi connectivity index (χ4n) is 0.492. The lowest BCUT2D eigenvalue weighted by Crippen LogP contribution is -2.03. The van der Waals surface area contributed by atoms with Crippen molar-refractivity contribution in [2.45, 2.75) is 26.2 Å². The Kier molecular flexibility index (Phi) is 6.18. The number of ether oxygens (including phenoxy) is 1. The average Bonchev–Trinajstić information content (AvgIpc) is 1.98. The number of hydrogen-bond acceptors (Lipinski definition) is 2. The monoisotopic (exact) mass is 145 g/mol. The summed E-state index contributed by atoms with van der Waals surface area (Å²) in [5.74, 6) is -0.189. The molecule has 0 aromatic heterocycles. The molecule has 0 aromatic carbocycles. The van der Waals surface area contributed by atoms with Gasteiger partial charge in [-0.05, 0) is 12.8 Å². The lowest BCUT2D eigenvalue weighted by Gasteiger charge is -1.99. The van der Waals surface area contributed by atoms with Gasteiger partial charge in [-0.1, -0.05) is 6.92 Å². The highest BCUT2D eigenvalue weighted by Crippen LogP contribution is 1.90. The van der Waals surface area contributed by atoms with Crippen LogP contribution in [0.1, 0.15) is 26.2 Å². The number of unbranched alkanes of at least 4 members (excludes halogenated alkanes) is 1. The van der Waals surface area contributed by atoms with E-state index in [1.165, 1.54) is 0 Å². The highest BCUT2D eigenvalue weighted by Gasteiger charge is 1.95. The van der Waals surface area contributed by atoms with Gasteiger partial charge < -0.3 is 4.74 Å². The first-order chi connectivity index (χ1) is 4.81. The molecule has 0 fully saturated rings. The van der Waals surface area contributed by atoms with E-state index in [-0.39, 0.29) is 12.6 Å². The van der Waals surface area contributed by atoms with Gasteiger partial charge in [0.25, 0.3) is 0 Å². The van der Waals surface area contributed by atoms with Crippen molar-refractivity contribution in [1.82, 2.24) is 0 Å². The molecule has 0 aliphatic rings. The third-order valence-electron chi connectivity index (χ3n) is 1.09. The van der Waals surface area contributed by atoms with Crippen LogP contribution < -0.4 is 0 Å². The van der Waals surface area contributed by atoms with Crippen LogP contribution in [0.2, 0.25) is 0 Å². The van der Waals surface area contributed by atoms with Gasteiger partial charge in [-0.15, -0.1) is 0 Å². The molecular weight excluding hydrogens is 132 g/mol. The first-order valence-electron chi connectivity index (χ1n) is 3.55. The van der Waals surface area contributed by atoms with Gasteiger partial charge in [0.2, 0.25) is 0 Å². The Morgan fingerprint density at radius 1 is 1.40 bits per heavy atom. The molecule has 10 heavy (non-hydrogen) atoms. The number of rotatable bonds is 5. The molecule has 0 aromatic rings. The summed E-state index contributed by atoms with van der Waals surface area (Å²) in [5, 5.41) is 9.90. The summed E-state index contributed by atoms with van der Waals surface area (Å²) in [6, 6.07) is 0. The highest BCUT2D eigenvalue weighted by molar-refractivity contribution is 5.68. The minimum absolute atomic E-state index is 0.0797. The zero-order chi connectivity index (χ0) is 7.82. The van der Waals surface area contributed by atoms with Crippen molar-refractivity contribution < 1.29 is 14.6 Å². The minimum Gasteiger partial charge on any atom is -0.466 e. The van der Waals surface area contributed by atoms with Gasteiger partial charge in [0.15, 0.2) is 0 Å². The Morgan fingerprint density at radius 2 is 2.10 bits per heavy atom. The maximum Gasteiger partial charge on any atom is 0.305 e. The number of hydrogen-bond donors (Lipinski definition) is 0. The molecule has 3 heteroatoms. The Balaban J connectivity index is 2.96. The zero-order valence-electron chi connectivity index (χ0n) is 6.26. The summed E-state index contributed by atoms with van der Waals surface area (Å²) >= 11 is 0. The summed E-state index contributed by atoms with van der Waals surface area (Å²) in [5.41, 5.74) is 0.